The highest BCUT2D eigenvalue weighted by Gasteiger charge is 2.15. The number of benzene rings is 2. The maximum Gasteiger partial charge on any atom is 0.254 e. The first kappa shape index (κ1) is 15.4. The molecule has 0 fully saturated rings. The third kappa shape index (κ3) is 4.23. The van der Waals surface area contributed by atoms with Crippen molar-refractivity contribution in [3.8, 4) is 5.75 Å². The fourth-order valence-electron chi connectivity index (χ4n) is 2.07. The number of hydrogen-bond donors (Lipinski definition) is 0. The quantitative estimate of drug-likeness (QED) is 0.763. The van der Waals surface area contributed by atoms with E-state index in [4.69, 9.17) is 16.3 Å². The Morgan fingerprint density at radius 1 is 1.10 bits per heavy atom. The number of nitrogens with zero attached hydrogens (tertiary/aromatic N) is 1. The summed E-state index contributed by atoms with van der Waals surface area (Å²) in [6.07, 6.45) is 0. The van der Waals surface area contributed by atoms with Gasteiger partial charge in [0.15, 0.2) is 0 Å². The number of amides is 1. The maximum atomic E-state index is 12.6. The summed E-state index contributed by atoms with van der Waals surface area (Å²) in [5.41, 5.74) is 1.72. The first-order chi connectivity index (χ1) is 10.2. The fraction of sp³-hybridized carbons (Fsp3) is 0.235. The first-order valence-corrected chi connectivity index (χ1v) is 7.31. The molecular weight excluding hydrogens is 286 g/mol. The smallest absolute Gasteiger partial charge is 0.254 e. The summed E-state index contributed by atoms with van der Waals surface area (Å²) in [7, 11) is 1.60. The van der Waals surface area contributed by atoms with Gasteiger partial charge in [-0.25, -0.2) is 0 Å². The van der Waals surface area contributed by atoms with Crippen molar-refractivity contribution in [3.05, 3.63) is 65.7 Å². The van der Waals surface area contributed by atoms with Crippen molar-refractivity contribution in [2.24, 2.45) is 0 Å². The van der Waals surface area contributed by atoms with Crippen LogP contribution in [0.25, 0.3) is 0 Å². The molecule has 0 aliphatic rings. The zero-order valence-corrected chi connectivity index (χ0v) is 12.7. The minimum absolute atomic E-state index is 0.0258. The van der Waals surface area contributed by atoms with Crippen molar-refractivity contribution in [2.75, 3.05) is 19.5 Å². The lowest BCUT2D eigenvalue weighted by atomic mass is 10.1. The van der Waals surface area contributed by atoms with E-state index in [0.29, 0.717) is 24.5 Å². The Labute approximate surface area is 130 Å². The average Bonchev–Trinajstić information content (AvgIpc) is 2.55. The second kappa shape index (κ2) is 7.70. The minimum atomic E-state index is -0.0258. The molecule has 0 spiro atoms. The predicted molar refractivity (Wildman–Crippen MR) is 84.9 cm³/mol. The average molecular weight is 304 g/mol. The Kier molecular flexibility index (Phi) is 5.64. The maximum absolute atomic E-state index is 12.6. The Hall–Kier alpha value is -2.00. The van der Waals surface area contributed by atoms with E-state index in [1.807, 2.05) is 30.3 Å². The summed E-state index contributed by atoms with van der Waals surface area (Å²) in [6, 6.07) is 17.0. The Morgan fingerprint density at radius 3 is 2.33 bits per heavy atom. The lowest BCUT2D eigenvalue weighted by Crippen LogP contribution is -2.32. The van der Waals surface area contributed by atoms with E-state index >= 15 is 0 Å². The third-order valence-electron chi connectivity index (χ3n) is 3.19. The second-order valence-corrected chi connectivity index (χ2v) is 5.01. The number of hydrogen-bond acceptors (Lipinski definition) is 2. The van der Waals surface area contributed by atoms with Crippen molar-refractivity contribution in [1.29, 1.82) is 0 Å². The standard InChI is InChI=1S/C17H18ClNO2/c1-21-16-9-7-15(8-10-16)17(20)19(12-11-18)13-14-5-3-2-4-6-14/h2-10H,11-13H2,1H3. The van der Waals surface area contributed by atoms with Crippen LogP contribution in [0.3, 0.4) is 0 Å². The molecule has 0 atom stereocenters. The zero-order valence-electron chi connectivity index (χ0n) is 12.0. The molecule has 3 nitrogen and oxygen atoms in total. The molecule has 0 bridgehead atoms. The molecule has 0 unspecified atom stereocenters. The number of alkyl halides is 1. The van der Waals surface area contributed by atoms with Crippen LogP contribution in [0.2, 0.25) is 0 Å². The molecule has 2 aromatic rings. The molecule has 0 aliphatic carbocycles. The highest BCUT2D eigenvalue weighted by atomic mass is 35.5. The summed E-state index contributed by atoms with van der Waals surface area (Å²) in [5.74, 6) is 1.12. The number of halogens is 1. The van der Waals surface area contributed by atoms with E-state index in [9.17, 15) is 4.79 Å². The van der Waals surface area contributed by atoms with Crippen molar-refractivity contribution < 1.29 is 9.53 Å². The topological polar surface area (TPSA) is 29.5 Å². The molecule has 110 valence electrons. The molecule has 1 amide bonds. The van der Waals surface area contributed by atoms with Crippen LogP contribution >= 0.6 is 11.6 Å². The molecule has 2 aromatic carbocycles. The lowest BCUT2D eigenvalue weighted by molar-refractivity contribution is 0.0753. The summed E-state index contributed by atoms with van der Waals surface area (Å²) in [5, 5.41) is 0. The van der Waals surface area contributed by atoms with E-state index in [1.54, 1.807) is 36.3 Å². The molecule has 0 aliphatic heterocycles. The highest BCUT2D eigenvalue weighted by molar-refractivity contribution is 6.18. The highest BCUT2D eigenvalue weighted by Crippen LogP contribution is 2.15. The van der Waals surface area contributed by atoms with Gasteiger partial charge in [0.25, 0.3) is 5.91 Å². The van der Waals surface area contributed by atoms with Crippen molar-refractivity contribution in [1.82, 2.24) is 4.90 Å². The van der Waals surface area contributed by atoms with Crippen LogP contribution in [0.15, 0.2) is 54.6 Å². The largest absolute Gasteiger partial charge is 0.497 e. The molecule has 0 saturated heterocycles. The summed E-state index contributed by atoms with van der Waals surface area (Å²) >= 11 is 5.83. The van der Waals surface area contributed by atoms with Crippen LogP contribution in [-0.4, -0.2) is 30.3 Å². The van der Waals surface area contributed by atoms with Crippen LogP contribution in [0.4, 0.5) is 0 Å². The predicted octanol–water partition coefficient (Wildman–Crippen LogP) is 3.58. The summed E-state index contributed by atoms with van der Waals surface area (Å²) in [6.45, 7) is 1.07. The van der Waals surface area contributed by atoms with Gasteiger partial charge in [-0.2, -0.15) is 0 Å². The monoisotopic (exact) mass is 303 g/mol. The Balaban J connectivity index is 2.14. The van der Waals surface area contributed by atoms with Crippen molar-refractivity contribution >= 4 is 17.5 Å². The Morgan fingerprint density at radius 2 is 1.76 bits per heavy atom. The fourth-order valence-corrected chi connectivity index (χ4v) is 2.28. The lowest BCUT2D eigenvalue weighted by Gasteiger charge is -2.22. The first-order valence-electron chi connectivity index (χ1n) is 6.78. The minimum Gasteiger partial charge on any atom is -0.497 e. The molecule has 0 heterocycles. The van der Waals surface area contributed by atoms with Gasteiger partial charge in [0.1, 0.15) is 5.75 Å². The molecule has 0 N–H and O–H groups in total. The van der Waals surface area contributed by atoms with E-state index < -0.39 is 0 Å². The van der Waals surface area contributed by atoms with Crippen molar-refractivity contribution in [3.63, 3.8) is 0 Å². The van der Waals surface area contributed by atoms with Crippen LogP contribution < -0.4 is 4.74 Å². The van der Waals surface area contributed by atoms with Gasteiger partial charge in [0.2, 0.25) is 0 Å². The second-order valence-electron chi connectivity index (χ2n) is 4.63. The summed E-state index contributed by atoms with van der Waals surface area (Å²) < 4.78 is 5.11. The van der Waals surface area contributed by atoms with E-state index in [-0.39, 0.29) is 5.91 Å². The van der Waals surface area contributed by atoms with Gasteiger partial charge in [-0.05, 0) is 29.8 Å². The SMILES string of the molecule is COc1ccc(C(=O)N(CCCl)Cc2ccccc2)cc1. The van der Waals surface area contributed by atoms with Gasteiger partial charge in [-0.15, -0.1) is 11.6 Å². The Bertz CT molecular complexity index is 569. The van der Waals surface area contributed by atoms with E-state index in [0.717, 1.165) is 11.3 Å². The third-order valence-corrected chi connectivity index (χ3v) is 3.36. The summed E-state index contributed by atoms with van der Waals surface area (Å²) in [4.78, 5) is 14.3. The van der Waals surface area contributed by atoms with Gasteiger partial charge < -0.3 is 9.64 Å². The van der Waals surface area contributed by atoms with E-state index in [2.05, 4.69) is 0 Å². The van der Waals surface area contributed by atoms with Crippen LogP contribution in [-0.2, 0) is 6.54 Å². The molecule has 0 aromatic heterocycles. The molecule has 2 rings (SSSR count). The number of carbonyl (C=O) groups is 1. The molecule has 21 heavy (non-hydrogen) atoms. The number of methoxy groups -OCH3 is 1. The van der Waals surface area contributed by atoms with Gasteiger partial charge in [-0.3, -0.25) is 4.79 Å². The van der Waals surface area contributed by atoms with Gasteiger partial charge in [-0.1, -0.05) is 30.3 Å². The van der Waals surface area contributed by atoms with Crippen LogP contribution in [0.5, 0.6) is 5.75 Å². The number of carbonyl (C=O) groups excluding carboxylic acids is 1. The molecule has 4 heteroatoms. The van der Waals surface area contributed by atoms with Gasteiger partial charge in [0.05, 0.1) is 7.11 Å². The van der Waals surface area contributed by atoms with Crippen LogP contribution in [0, 0.1) is 0 Å². The normalized spacial score (nSPS) is 10.2. The van der Waals surface area contributed by atoms with Gasteiger partial charge >= 0.3 is 0 Å². The number of ether oxygens (including phenoxy) is 1. The zero-order chi connectivity index (χ0) is 15.1. The number of rotatable bonds is 6. The van der Waals surface area contributed by atoms with Gasteiger partial charge in [0, 0.05) is 24.5 Å². The van der Waals surface area contributed by atoms with Crippen molar-refractivity contribution in [2.45, 2.75) is 6.54 Å². The van der Waals surface area contributed by atoms with E-state index in [1.165, 1.54) is 0 Å². The molecule has 0 saturated carbocycles. The molecule has 0 radical (unpaired) electrons. The molecular formula is C17H18ClNO2. The van der Waals surface area contributed by atoms with Crippen LogP contribution in [0.1, 0.15) is 15.9 Å².